The first-order valence-electron chi connectivity index (χ1n) is 11.7. The van der Waals surface area contributed by atoms with Crippen molar-refractivity contribution in [1.29, 1.82) is 5.26 Å². The normalized spacial score (nSPS) is 39.9. The van der Waals surface area contributed by atoms with E-state index in [1.54, 1.807) is 35.2 Å². The van der Waals surface area contributed by atoms with E-state index in [2.05, 4.69) is 6.07 Å². The number of amides is 1. The second-order valence-corrected chi connectivity index (χ2v) is 10.9. The van der Waals surface area contributed by atoms with E-state index in [9.17, 15) is 20.0 Å². The van der Waals surface area contributed by atoms with Gasteiger partial charge in [0.05, 0.1) is 23.3 Å². The average molecular weight is 456 g/mol. The molecule has 6 aliphatic rings. The first-order valence-corrected chi connectivity index (χ1v) is 11.7. The third-order valence-corrected chi connectivity index (χ3v) is 8.53. The van der Waals surface area contributed by atoms with Crippen LogP contribution in [0.3, 0.4) is 0 Å². The first-order chi connectivity index (χ1) is 15.2. The van der Waals surface area contributed by atoms with E-state index in [-0.39, 0.29) is 28.9 Å². The van der Waals surface area contributed by atoms with Crippen molar-refractivity contribution < 1.29 is 25.3 Å². The highest BCUT2D eigenvalue weighted by molar-refractivity contribution is 5.87. The number of nitrogens with two attached hydrogens (primary N) is 1. The molecule has 8 nitrogen and oxygen atoms in total. The van der Waals surface area contributed by atoms with Crippen LogP contribution in [0.4, 0.5) is 0 Å². The van der Waals surface area contributed by atoms with Gasteiger partial charge in [0.1, 0.15) is 6.04 Å². The zero-order chi connectivity index (χ0) is 22.7. The van der Waals surface area contributed by atoms with Gasteiger partial charge in [-0.3, -0.25) is 4.79 Å². The maximum atomic E-state index is 13.1. The third kappa shape index (κ3) is 4.14. The van der Waals surface area contributed by atoms with Crippen LogP contribution in [0.2, 0.25) is 0 Å². The van der Waals surface area contributed by atoms with Crippen molar-refractivity contribution in [1.82, 2.24) is 4.90 Å². The molecule has 1 aliphatic heterocycles. The largest absolute Gasteiger partial charge is 0.478 e. The number of aromatic carboxylic acids is 1. The molecule has 2 unspecified atom stereocenters. The second-order valence-electron chi connectivity index (χ2n) is 10.9. The number of benzene rings is 1. The van der Waals surface area contributed by atoms with Crippen LogP contribution in [0.1, 0.15) is 61.7 Å². The molecule has 6 fully saturated rings. The van der Waals surface area contributed by atoms with Gasteiger partial charge in [-0.1, -0.05) is 18.2 Å². The SMILES string of the molecule is N#C[C@@H]1C[C@@H]2C[C@@H]2N1C(=O)[C@@H](N)C12CC3CC(CC(O)(C3)C1)C2.O.O=C(O)c1ccccc1. The summed E-state index contributed by atoms with van der Waals surface area (Å²) in [4.78, 5) is 25.1. The molecule has 6 N–H and O–H groups in total. The standard InChI is InChI=1S/C18H25N3O2.C7H6O2.H2O/c19-8-13-2-12-3-14(12)21(13)16(22)15(20)17-4-10-1-11(5-17)7-18(23,6-10)9-17;8-7(9)6-4-2-1-3-5-6;/h10-15,23H,1-7,9,20H2;1-5H,(H,8,9);1H2/t10?,11?,12-,13+,14+,15-,17?,18?;;/m1../s1. The Morgan fingerprint density at radius 2 is 1.73 bits per heavy atom. The molecule has 7 rings (SSSR count). The lowest BCUT2D eigenvalue weighted by molar-refractivity contribution is -0.177. The molecule has 1 saturated heterocycles. The number of carboxylic acids is 1. The number of carbonyl (C=O) groups is 2. The highest BCUT2D eigenvalue weighted by atomic mass is 16.4. The number of piperidine rings is 1. The molecule has 5 aliphatic carbocycles. The predicted molar refractivity (Wildman–Crippen MR) is 120 cm³/mol. The van der Waals surface area contributed by atoms with Crippen molar-refractivity contribution in [3.05, 3.63) is 35.9 Å². The Morgan fingerprint density at radius 3 is 2.24 bits per heavy atom. The highest BCUT2D eigenvalue weighted by Crippen LogP contribution is 2.63. The Hall–Kier alpha value is -2.47. The fraction of sp³-hybridized carbons (Fsp3) is 0.640. The van der Waals surface area contributed by atoms with Crippen molar-refractivity contribution in [2.45, 2.75) is 75.1 Å². The number of rotatable bonds is 3. The number of likely N-dealkylation sites (tertiary alicyclic amines) is 1. The summed E-state index contributed by atoms with van der Waals surface area (Å²) in [6.07, 6.45) is 7.48. The fourth-order valence-electron chi connectivity index (χ4n) is 7.54. The zero-order valence-electron chi connectivity index (χ0n) is 18.7. The minimum atomic E-state index is -0.879. The van der Waals surface area contributed by atoms with Gasteiger partial charge >= 0.3 is 5.97 Å². The smallest absolute Gasteiger partial charge is 0.335 e. The number of carbonyl (C=O) groups excluding carboxylic acids is 1. The number of hydrogen-bond donors (Lipinski definition) is 3. The summed E-state index contributed by atoms with van der Waals surface area (Å²) in [5.41, 5.74) is 6.05. The van der Waals surface area contributed by atoms with Crippen LogP contribution < -0.4 is 5.73 Å². The predicted octanol–water partition coefficient (Wildman–Crippen LogP) is 1.72. The Labute approximate surface area is 193 Å². The molecule has 4 bridgehead atoms. The Kier molecular flexibility index (Phi) is 6.02. The maximum absolute atomic E-state index is 13.1. The number of aliphatic hydroxyl groups is 1. The third-order valence-electron chi connectivity index (χ3n) is 8.53. The molecule has 0 aromatic heterocycles. The number of hydrogen-bond acceptors (Lipinski definition) is 5. The van der Waals surface area contributed by atoms with Crippen LogP contribution in [-0.4, -0.2) is 56.2 Å². The topological polar surface area (TPSA) is 159 Å². The maximum Gasteiger partial charge on any atom is 0.335 e. The van der Waals surface area contributed by atoms with Crippen LogP contribution in [0, 0.1) is 34.5 Å². The highest BCUT2D eigenvalue weighted by Gasteiger charge is 2.62. The summed E-state index contributed by atoms with van der Waals surface area (Å²) in [5, 5.41) is 28.6. The zero-order valence-corrected chi connectivity index (χ0v) is 18.7. The summed E-state index contributed by atoms with van der Waals surface area (Å²) in [5.74, 6) is 0.678. The molecular weight excluding hydrogens is 422 g/mol. The summed E-state index contributed by atoms with van der Waals surface area (Å²) < 4.78 is 0. The monoisotopic (exact) mass is 455 g/mol. The molecule has 1 aromatic rings. The molecule has 1 amide bonds. The second kappa shape index (κ2) is 8.39. The van der Waals surface area contributed by atoms with Crippen LogP contribution in [-0.2, 0) is 4.79 Å². The molecule has 6 atom stereocenters. The van der Waals surface area contributed by atoms with E-state index < -0.39 is 17.6 Å². The van der Waals surface area contributed by atoms with E-state index in [0.29, 0.717) is 29.7 Å². The van der Waals surface area contributed by atoms with Crippen molar-refractivity contribution in [2.24, 2.45) is 28.9 Å². The summed E-state index contributed by atoms with van der Waals surface area (Å²) in [7, 11) is 0. The minimum absolute atomic E-state index is 0. The number of fused-ring (bicyclic) bond motifs is 1. The van der Waals surface area contributed by atoms with E-state index >= 15 is 0 Å². The van der Waals surface area contributed by atoms with Crippen LogP contribution in [0.15, 0.2) is 30.3 Å². The first kappa shape index (κ1) is 23.7. The van der Waals surface area contributed by atoms with Gasteiger partial charge in [-0.25, -0.2) is 4.79 Å². The minimum Gasteiger partial charge on any atom is -0.478 e. The lowest BCUT2D eigenvalue weighted by Gasteiger charge is -2.61. The molecule has 178 valence electrons. The van der Waals surface area contributed by atoms with Gasteiger partial charge in [-0.05, 0) is 86.7 Å². The Balaban J connectivity index is 0.000000221. The van der Waals surface area contributed by atoms with Gasteiger partial charge < -0.3 is 26.3 Å². The van der Waals surface area contributed by atoms with Crippen LogP contribution in [0.5, 0.6) is 0 Å². The average Bonchev–Trinajstić information content (AvgIpc) is 3.41. The number of carboxylic acid groups (broad SMARTS) is 1. The number of nitrogens with zero attached hydrogens (tertiary/aromatic N) is 2. The molecule has 8 heteroatoms. The molecular formula is C25H33N3O5. The van der Waals surface area contributed by atoms with Gasteiger partial charge in [0.15, 0.2) is 0 Å². The van der Waals surface area contributed by atoms with Gasteiger partial charge in [0, 0.05) is 6.04 Å². The van der Waals surface area contributed by atoms with E-state index in [1.165, 1.54) is 6.42 Å². The summed E-state index contributed by atoms with van der Waals surface area (Å²) in [6, 6.07) is 10.0. The van der Waals surface area contributed by atoms with E-state index in [4.69, 9.17) is 10.8 Å². The molecule has 1 aromatic carbocycles. The summed E-state index contributed by atoms with van der Waals surface area (Å²) >= 11 is 0. The van der Waals surface area contributed by atoms with Crippen LogP contribution in [0.25, 0.3) is 0 Å². The molecule has 33 heavy (non-hydrogen) atoms. The van der Waals surface area contributed by atoms with Gasteiger partial charge in [0.25, 0.3) is 0 Å². The van der Waals surface area contributed by atoms with Crippen molar-refractivity contribution in [2.75, 3.05) is 0 Å². The Bertz CT molecular complexity index is 947. The lowest BCUT2D eigenvalue weighted by Crippen LogP contribution is -2.64. The summed E-state index contributed by atoms with van der Waals surface area (Å²) in [6.45, 7) is 0. The van der Waals surface area contributed by atoms with Crippen LogP contribution >= 0.6 is 0 Å². The molecule has 0 radical (unpaired) electrons. The lowest BCUT2D eigenvalue weighted by atomic mass is 9.46. The van der Waals surface area contributed by atoms with Crippen molar-refractivity contribution in [3.8, 4) is 6.07 Å². The van der Waals surface area contributed by atoms with Gasteiger partial charge in [-0.15, -0.1) is 0 Å². The molecule has 5 saturated carbocycles. The Morgan fingerprint density at radius 1 is 1.09 bits per heavy atom. The van der Waals surface area contributed by atoms with Crippen molar-refractivity contribution in [3.63, 3.8) is 0 Å². The quantitative estimate of drug-likeness (QED) is 0.629. The van der Waals surface area contributed by atoms with E-state index in [0.717, 1.165) is 38.5 Å². The van der Waals surface area contributed by atoms with E-state index in [1.807, 2.05) is 0 Å². The van der Waals surface area contributed by atoms with Gasteiger partial charge in [0.2, 0.25) is 5.91 Å². The number of nitriles is 1. The molecule has 1 heterocycles. The van der Waals surface area contributed by atoms with Crippen molar-refractivity contribution >= 4 is 11.9 Å². The molecule has 0 spiro atoms. The fourth-order valence-corrected chi connectivity index (χ4v) is 7.54. The van der Waals surface area contributed by atoms with Gasteiger partial charge in [-0.2, -0.15) is 5.26 Å².